The van der Waals surface area contributed by atoms with E-state index in [1.807, 2.05) is 13.8 Å². The third kappa shape index (κ3) is 2.32. The minimum Gasteiger partial charge on any atom is -0.333 e. The molecule has 0 unspecified atom stereocenters. The standard InChI is InChI=1S/C13H16FNOS/c1-13(2)6-3-7-15(13)12(16)10-8-9(17)4-5-11(10)14/h4-5,8,17H,3,6-7H2,1-2H3. The highest BCUT2D eigenvalue weighted by Gasteiger charge is 2.36. The molecule has 1 aromatic carbocycles. The van der Waals surface area contributed by atoms with Gasteiger partial charge in [0.15, 0.2) is 0 Å². The Hall–Kier alpha value is -1.03. The number of likely N-dealkylation sites (tertiary alicyclic amines) is 1. The van der Waals surface area contributed by atoms with Gasteiger partial charge in [0.25, 0.3) is 5.91 Å². The smallest absolute Gasteiger partial charge is 0.257 e. The molecule has 0 aromatic heterocycles. The molecule has 4 heteroatoms. The zero-order chi connectivity index (χ0) is 12.6. The van der Waals surface area contributed by atoms with Crippen molar-refractivity contribution in [3.8, 4) is 0 Å². The molecule has 1 saturated heterocycles. The molecular weight excluding hydrogens is 237 g/mol. The normalized spacial score (nSPS) is 18.5. The van der Waals surface area contributed by atoms with Crippen LogP contribution in [0.4, 0.5) is 4.39 Å². The van der Waals surface area contributed by atoms with Crippen LogP contribution in [-0.4, -0.2) is 22.9 Å². The third-order valence-electron chi connectivity index (χ3n) is 3.33. The summed E-state index contributed by atoms with van der Waals surface area (Å²) in [5.41, 5.74) is -0.0664. The summed E-state index contributed by atoms with van der Waals surface area (Å²) < 4.78 is 13.6. The van der Waals surface area contributed by atoms with Crippen LogP contribution in [-0.2, 0) is 0 Å². The van der Waals surface area contributed by atoms with Gasteiger partial charge in [0.2, 0.25) is 0 Å². The number of benzene rings is 1. The molecule has 17 heavy (non-hydrogen) atoms. The number of carbonyl (C=O) groups is 1. The molecule has 1 fully saturated rings. The van der Waals surface area contributed by atoms with Gasteiger partial charge in [-0.05, 0) is 44.9 Å². The molecule has 0 radical (unpaired) electrons. The summed E-state index contributed by atoms with van der Waals surface area (Å²) in [5.74, 6) is -0.712. The van der Waals surface area contributed by atoms with Crippen molar-refractivity contribution in [2.75, 3.05) is 6.54 Å². The lowest BCUT2D eigenvalue weighted by Gasteiger charge is -2.31. The topological polar surface area (TPSA) is 20.3 Å². The van der Waals surface area contributed by atoms with E-state index in [1.54, 1.807) is 11.0 Å². The van der Waals surface area contributed by atoms with Gasteiger partial charge in [0.1, 0.15) is 5.82 Å². The van der Waals surface area contributed by atoms with Crippen LogP contribution in [0.1, 0.15) is 37.0 Å². The van der Waals surface area contributed by atoms with Crippen molar-refractivity contribution in [2.45, 2.75) is 37.1 Å². The summed E-state index contributed by atoms with van der Waals surface area (Å²) in [6, 6.07) is 4.33. The summed E-state index contributed by atoms with van der Waals surface area (Å²) in [5, 5.41) is 0. The van der Waals surface area contributed by atoms with E-state index in [4.69, 9.17) is 0 Å². The van der Waals surface area contributed by atoms with Crippen LogP contribution in [0.5, 0.6) is 0 Å². The molecule has 0 bridgehead atoms. The summed E-state index contributed by atoms with van der Waals surface area (Å²) in [6.45, 7) is 4.72. The zero-order valence-electron chi connectivity index (χ0n) is 10.0. The molecule has 0 aliphatic carbocycles. The maximum Gasteiger partial charge on any atom is 0.257 e. The predicted octanol–water partition coefficient (Wildman–Crippen LogP) is 3.13. The van der Waals surface area contributed by atoms with Crippen molar-refractivity contribution in [3.05, 3.63) is 29.6 Å². The molecule has 1 aliphatic rings. The monoisotopic (exact) mass is 253 g/mol. The van der Waals surface area contributed by atoms with Crippen molar-refractivity contribution in [3.63, 3.8) is 0 Å². The third-order valence-corrected chi connectivity index (χ3v) is 3.60. The lowest BCUT2D eigenvalue weighted by molar-refractivity contribution is 0.0647. The van der Waals surface area contributed by atoms with Crippen LogP contribution in [0.2, 0.25) is 0 Å². The summed E-state index contributed by atoms with van der Waals surface area (Å²) in [7, 11) is 0. The lowest BCUT2D eigenvalue weighted by atomic mass is 10.0. The number of nitrogens with zero attached hydrogens (tertiary/aromatic N) is 1. The Morgan fingerprint density at radius 3 is 2.76 bits per heavy atom. The largest absolute Gasteiger partial charge is 0.333 e. The molecule has 1 heterocycles. The molecule has 0 atom stereocenters. The second kappa shape index (κ2) is 4.33. The second-order valence-electron chi connectivity index (χ2n) is 5.04. The maximum atomic E-state index is 13.6. The van der Waals surface area contributed by atoms with Crippen LogP contribution < -0.4 is 0 Å². The zero-order valence-corrected chi connectivity index (χ0v) is 10.9. The fourth-order valence-corrected chi connectivity index (χ4v) is 2.51. The molecule has 92 valence electrons. The van der Waals surface area contributed by atoms with Gasteiger partial charge in [-0.1, -0.05) is 0 Å². The van der Waals surface area contributed by atoms with Gasteiger partial charge in [0, 0.05) is 17.0 Å². The van der Waals surface area contributed by atoms with Crippen molar-refractivity contribution >= 4 is 18.5 Å². The number of amides is 1. The van der Waals surface area contributed by atoms with Crippen LogP contribution in [0.25, 0.3) is 0 Å². The van der Waals surface area contributed by atoms with Gasteiger partial charge in [-0.15, -0.1) is 12.6 Å². The van der Waals surface area contributed by atoms with Gasteiger partial charge in [-0.2, -0.15) is 0 Å². The average Bonchev–Trinajstić information content (AvgIpc) is 2.61. The van der Waals surface area contributed by atoms with E-state index in [-0.39, 0.29) is 17.0 Å². The first-order valence-electron chi connectivity index (χ1n) is 5.72. The molecule has 1 aliphatic heterocycles. The number of carbonyl (C=O) groups excluding carboxylic acids is 1. The van der Waals surface area contributed by atoms with E-state index in [1.165, 1.54) is 12.1 Å². The maximum absolute atomic E-state index is 13.6. The second-order valence-corrected chi connectivity index (χ2v) is 5.55. The Morgan fingerprint density at radius 1 is 1.47 bits per heavy atom. The minimum absolute atomic E-state index is 0.118. The van der Waals surface area contributed by atoms with Gasteiger partial charge >= 0.3 is 0 Å². The number of rotatable bonds is 1. The van der Waals surface area contributed by atoms with Gasteiger partial charge in [0.05, 0.1) is 5.56 Å². The fourth-order valence-electron chi connectivity index (χ4n) is 2.31. The quantitative estimate of drug-likeness (QED) is 0.762. The highest BCUT2D eigenvalue weighted by molar-refractivity contribution is 7.80. The number of hydrogen-bond acceptors (Lipinski definition) is 2. The highest BCUT2D eigenvalue weighted by atomic mass is 32.1. The molecule has 1 aromatic rings. The van der Waals surface area contributed by atoms with E-state index in [0.717, 1.165) is 12.8 Å². The average molecular weight is 253 g/mol. The highest BCUT2D eigenvalue weighted by Crippen LogP contribution is 2.30. The molecule has 2 nitrogen and oxygen atoms in total. The summed E-state index contributed by atoms with van der Waals surface area (Å²) in [4.78, 5) is 14.6. The van der Waals surface area contributed by atoms with E-state index >= 15 is 0 Å². The van der Waals surface area contributed by atoms with Crippen LogP contribution in [0.3, 0.4) is 0 Å². The Kier molecular flexibility index (Phi) is 3.17. The number of hydrogen-bond donors (Lipinski definition) is 1. The van der Waals surface area contributed by atoms with Crippen molar-refractivity contribution in [1.82, 2.24) is 4.90 Å². The molecule has 2 rings (SSSR count). The van der Waals surface area contributed by atoms with Gasteiger partial charge in [-0.25, -0.2) is 4.39 Å². The van der Waals surface area contributed by atoms with Gasteiger partial charge in [-0.3, -0.25) is 4.79 Å². The minimum atomic E-state index is -0.476. The predicted molar refractivity (Wildman–Crippen MR) is 68.0 cm³/mol. The summed E-state index contributed by atoms with van der Waals surface area (Å²) in [6.07, 6.45) is 1.93. The Labute approximate surface area is 106 Å². The first-order chi connectivity index (χ1) is 7.92. The lowest BCUT2D eigenvalue weighted by Crippen LogP contribution is -2.42. The molecule has 0 N–H and O–H groups in total. The fraction of sp³-hybridized carbons (Fsp3) is 0.462. The number of halogens is 1. The van der Waals surface area contributed by atoms with E-state index in [9.17, 15) is 9.18 Å². The van der Waals surface area contributed by atoms with E-state index in [0.29, 0.717) is 11.4 Å². The van der Waals surface area contributed by atoms with E-state index < -0.39 is 5.82 Å². The Bertz CT molecular complexity index is 459. The van der Waals surface area contributed by atoms with Crippen LogP contribution >= 0.6 is 12.6 Å². The first-order valence-corrected chi connectivity index (χ1v) is 6.17. The van der Waals surface area contributed by atoms with Crippen molar-refractivity contribution in [1.29, 1.82) is 0 Å². The molecule has 0 spiro atoms. The van der Waals surface area contributed by atoms with Crippen LogP contribution in [0.15, 0.2) is 23.1 Å². The SMILES string of the molecule is CC1(C)CCCN1C(=O)c1cc(S)ccc1F. The summed E-state index contributed by atoms with van der Waals surface area (Å²) >= 11 is 4.14. The van der Waals surface area contributed by atoms with E-state index in [2.05, 4.69) is 12.6 Å². The van der Waals surface area contributed by atoms with Gasteiger partial charge < -0.3 is 4.90 Å². The van der Waals surface area contributed by atoms with Crippen molar-refractivity contribution in [2.24, 2.45) is 0 Å². The van der Waals surface area contributed by atoms with Crippen LogP contribution in [0, 0.1) is 5.82 Å². The first kappa shape index (κ1) is 12.4. The number of thiol groups is 1. The van der Waals surface area contributed by atoms with Crippen molar-refractivity contribution < 1.29 is 9.18 Å². The Morgan fingerprint density at radius 2 is 2.18 bits per heavy atom. The Balaban J connectivity index is 2.34. The molecule has 0 saturated carbocycles. The molecular formula is C13H16FNOS. The molecule has 1 amide bonds.